The predicted octanol–water partition coefficient (Wildman–Crippen LogP) is 2.98. The number of nitrogens with zero attached hydrogens (tertiary/aromatic N) is 2. The summed E-state index contributed by atoms with van der Waals surface area (Å²) in [5.74, 6) is 0. The number of aliphatic imine (C=N–C) groups is 1. The normalized spacial score (nSPS) is 9.77. The lowest BCUT2D eigenvalue weighted by Gasteiger charge is -2.01. The van der Waals surface area contributed by atoms with Gasteiger partial charge < -0.3 is 4.90 Å². The molecule has 0 N–H and O–H groups in total. The van der Waals surface area contributed by atoms with E-state index in [2.05, 4.69) is 4.99 Å². The maximum absolute atomic E-state index is 5.71. The highest BCUT2D eigenvalue weighted by Crippen LogP contribution is 2.15. The van der Waals surface area contributed by atoms with Gasteiger partial charge >= 0.3 is 0 Å². The highest BCUT2D eigenvalue weighted by molar-refractivity contribution is 6.30. The summed E-state index contributed by atoms with van der Waals surface area (Å²) in [6.07, 6.45) is 1.75. The average molecular weight is 219 g/mol. The topological polar surface area (TPSA) is 15.6 Å². The van der Waals surface area contributed by atoms with Gasteiger partial charge in [0.1, 0.15) is 0 Å². The number of halogens is 2. The van der Waals surface area contributed by atoms with Gasteiger partial charge in [0.05, 0.1) is 12.0 Å². The second kappa shape index (κ2) is 5.84. The standard InChI is InChI=1S/C9H11ClN2.ClH/c1-12(2)7-11-9-5-3-8(10)4-6-9;/h3-7H,1-2H3;1H. The molecule has 0 bridgehead atoms. The van der Waals surface area contributed by atoms with Crippen molar-refractivity contribution in [3.63, 3.8) is 0 Å². The first-order valence-electron chi connectivity index (χ1n) is 3.64. The van der Waals surface area contributed by atoms with Crippen LogP contribution in [-0.2, 0) is 0 Å². The zero-order valence-corrected chi connectivity index (χ0v) is 9.14. The van der Waals surface area contributed by atoms with Crippen molar-refractivity contribution in [1.29, 1.82) is 0 Å². The van der Waals surface area contributed by atoms with E-state index in [1.807, 2.05) is 43.3 Å². The molecule has 0 saturated heterocycles. The van der Waals surface area contributed by atoms with Crippen LogP contribution in [0.5, 0.6) is 0 Å². The lowest BCUT2D eigenvalue weighted by Crippen LogP contribution is -2.06. The molecule has 13 heavy (non-hydrogen) atoms. The zero-order chi connectivity index (χ0) is 8.97. The molecule has 0 aliphatic rings. The Labute approximate surface area is 89.6 Å². The smallest absolute Gasteiger partial charge is 0.0907 e. The van der Waals surface area contributed by atoms with E-state index in [4.69, 9.17) is 11.6 Å². The van der Waals surface area contributed by atoms with Gasteiger partial charge in [0, 0.05) is 19.1 Å². The maximum atomic E-state index is 5.71. The minimum absolute atomic E-state index is 0. The minimum atomic E-state index is 0. The van der Waals surface area contributed by atoms with Gasteiger partial charge in [0.15, 0.2) is 0 Å². The zero-order valence-electron chi connectivity index (χ0n) is 7.57. The van der Waals surface area contributed by atoms with E-state index in [-0.39, 0.29) is 12.4 Å². The monoisotopic (exact) mass is 218 g/mol. The number of rotatable bonds is 2. The molecule has 1 rings (SSSR count). The van der Waals surface area contributed by atoms with Crippen LogP contribution in [0.1, 0.15) is 0 Å². The summed E-state index contributed by atoms with van der Waals surface area (Å²) in [5, 5.41) is 0.735. The summed E-state index contributed by atoms with van der Waals surface area (Å²) < 4.78 is 0. The van der Waals surface area contributed by atoms with Gasteiger partial charge in [0.25, 0.3) is 0 Å². The molecule has 0 heterocycles. The third-order valence-corrected chi connectivity index (χ3v) is 1.52. The predicted molar refractivity (Wildman–Crippen MR) is 60.5 cm³/mol. The molecule has 4 heteroatoms. The molecule has 72 valence electrons. The Morgan fingerprint density at radius 1 is 1.23 bits per heavy atom. The molecule has 0 spiro atoms. The summed E-state index contributed by atoms with van der Waals surface area (Å²) >= 11 is 5.71. The van der Waals surface area contributed by atoms with Gasteiger partial charge in [-0.25, -0.2) is 4.99 Å². The van der Waals surface area contributed by atoms with Gasteiger partial charge in [-0.3, -0.25) is 0 Å². The molecule has 1 aromatic carbocycles. The molecule has 0 amide bonds. The van der Waals surface area contributed by atoms with Crippen LogP contribution in [0.3, 0.4) is 0 Å². The maximum Gasteiger partial charge on any atom is 0.0907 e. The van der Waals surface area contributed by atoms with Crippen molar-refractivity contribution in [3.8, 4) is 0 Å². The van der Waals surface area contributed by atoms with E-state index < -0.39 is 0 Å². The van der Waals surface area contributed by atoms with Gasteiger partial charge in [-0.2, -0.15) is 0 Å². The van der Waals surface area contributed by atoms with E-state index in [1.54, 1.807) is 6.34 Å². The molecule has 0 aliphatic heterocycles. The first-order chi connectivity index (χ1) is 5.68. The van der Waals surface area contributed by atoms with Crippen LogP contribution in [-0.4, -0.2) is 25.3 Å². The molecule has 0 saturated carbocycles. The molecule has 0 fully saturated rings. The fraction of sp³-hybridized carbons (Fsp3) is 0.222. The van der Waals surface area contributed by atoms with E-state index in [0.29, 0.717) is 0 Å². The van der Waals surface area contributed by atoms with Crippen molar-refractivity contribution >= 4 is 36.0 Å². The minimum Gasteiger partial charge on any atom is -0.369 e. The van der Waals surface area contributed by atoms with Gasteiger partial charge in [-0.15, -0.1) is 12.4 Å². The fourth-order valence-corrected chi connectivity index (χ4v) is 0.835. The Morgan fingerprint density at radius 2 is 1.77 bits per heavy atom. The molecule has 0 unspecified atom stereocenters. The largest absolute Gasteiger partial charge is 0.369 e. The van der Waals surface area contributed by atoms with Crippen molar-refractivity contribution in [2.45, 2.75) is 0 Å². The van der Waals surface area contributed by atoms with Crippen LogP contribution in [0.2, 0.25) is 5.02 Å². The Hall–Kier alpha value is -0.730. The van der Waals surface area contributed by atoms with Crippen LogP contribution in [0.25, 0.3) is 0 Å². The second-order valence-corrected chi connectivity index (χ2v) is 3.12. The summed E-state index contributed by atoms with van der Waals surface area (Å²) in [6.45, 7) is 0. The number of hydrogen-bond acceptors (Lipinski definition) is 1. The molecule has 2 nitrogen and oxygen atoms in total. The molecule has 1 aromatic rings. The molecular formula is C9H12Cl2N2. The van der Waals surface area contributed by atoms with Crippen molar-refractivity contribution in [3.05, 3.63) is 29.3 Å². The Balaban J connectivity index is 0.00000144. The van der Waals surface area contributed by atoms with E-state index in [9.17, 15) is 0 Å². The third kappa shape index (κ3) is 4.76. The third-order valence-electron chi connectivity index (χ3n) is 1.26. The Bertz CT molecular complexity index is 267. The molecule has 0 aromatic heterocycles. The van der Waals surface area contributed by atoms with Crippen molar-refractivity contribution in [1.82, 2.24) is 4.90 Å². The van der Waals surface area contributed by atoms with E-state index in [1.165, 1.54) is 0 Å². The summed E-state index contributed by atoms with van der Waals surface area (Å²) in [4.78, 5) is 6.07. The lowest BCUT2D eigenvalue weighted by molar-refractivity contribution is 0.643. The van der Waals surface area contributed by atoms with Gasteiger partial charge in [-0.05, 0) is 24.3 Å². The highest BCUT2D eigenvalue weighted by Gasteiger charge is 1.87. The second-order valence-electron chi connectivity index (χ2n) is 2.68. The van der Waals surface area contributed by atoms with Crippen LogP contribution in [0, 0.1) is 0 Å². The van der Waals surface area contributed by atoms with Crippen molar-refractivity contribution < 1.29 is 0 Å². The van der Waals surface area contributed by atoms with E-state index in [0.717, 1.165) is 10.7 Å². The summed E-state index contributed by atoms with van der Waals surface area (Å²) in [7, 11) is 3.86. The van der Waals surface area contributed by atoms with Crippen LogP contribution in [0.15, 0.2) is 29.3 Å². The van der Waals surface area contributed by atoms with E-state index >= 15 is 0 Å². The van der Waals surface area contributed by atoms with Gasteiger partial charge in [-0.1, -0.05) is 11.6 Å². The first-order valence-corrected chi connectivity index (χ1v) is 4.02. The molecular weight excluding hydrogens is 207 g/mol. The lowest BCUT2D eigenvalue weighted by atomic mass is 10.3. The summed E-state index contributed by atoms with van der Waals surface area (Å²) in [6, 6.07) is 7.40. The highest BCUT2D eigenvalue weighted by atomic mass is 35.5. The van der Waals surface area contributed by atoms with Crippen molar-refractivity contribution in [2.24, 2.45) is 4.99 Å². The Morgan fingerprint density at radius 3 is 2.23 bits per heavy atom. The Kier molecular flexibility index (Phi) is 5.51. The average Bonchev–Trinajstić information content (AvgIpc) is 2.03. The van der Waals surface area contributed by atoms with Crippen LogP contribution < -0.4 is 0 Å². The van der Waals surface area contributed by atoms with Crippen LogP contribution in [0.4, 0.5) is 5.69 Å². The molecule has 0 aliphatic carbocycles. The van der Waals surface area contributed by atoms with Crippen LogP contribution >= 0.6 is 24.0 Å². The quantitative estimate of drug-likeness (QED) is 0.551. The summed E-state index contributed by atoms with van der Waals surface area (Å²) in [5.41, 5.74) is 0.910. The molecule has 0 radical (unpaired) electrons. The fourth-order valence-electron chi connectivity index (χ4n) is 0.709. The first kappa shape index (κ1) is 12.3. The van der Waals surface area contributed by atoms with Gasteiger partial charge in [0.2, 0.25) is 0 Å². The van der Waals surface area contributed by atoms with Crippen molar-refractivity contribution in [2.75, 3.05) is 14.1 Å². The SMILES string of the molecule is CN(C)C=Nc1ccc(Cl)cc1.Cl. The number of hydrogen-bond donors (Lipinski definition) is 0. The number of benzene rings is 1. The molecule has 0 atom stereocenters.